The quantitative estimate of drug-likeness (QED) is 0.181. The molecule has 0 aliphatic rings. The van der Waals surface area contributed by atoms with Gasteiger partial charge in [-0.15, -0.1) is 34.0 Å². The van der Waals surface area contributed by atoms with E-state index in [0.717, 1.165) is 21.8 Å². The number of amides is 1. The Kier molecular flexibility index (Phi) is 7.85. The van der Waals surface area contributed by atoms with E-state index in [1.165, 1.54) is 11.3 Å². The van der Waals surface area contributed by atoms with Crippen molar-refractivity contribution in [2.45, 2.75) is 13.5 Å². The smallest absolute Gasteiger partial charge is 0.261 e. The largest absolute Gasteiger partial charge is 0.506 e. The van der Waals surface area contributed by atoms with Gasteiger partial charge in [-0.3, -0.25) is 14.6 Å². The first-order valence-corrected chi connectivity index (χ1v) is 13.4. The van der Waals surface area contributed by atoms with Gasteiger partial charge in [-0.25, -0.2) is 0 Å². The number of nitrogens with one attached hydrogen (secondary N) is 1. The van der Waals surface area contributed by atoms with Crippen LogP contribution in [0.2, 0.25) is 10.0 Å². The molecule has 0 fully saturated rings. The Balaban J connectivity index is 1.41. The minimum absolute atomic E-state index is 0.0814. The van der Waals surface area contributed by atoms with Gasteiger partial charge in [0.2, 0.25) is 0 Å². The van der Waals surface area contributed by atoms with Gasteiger partial charge in [-0.2, -0.15) is 0 Å². The second kappa shape index (κ2) is 10.8. The highest BCUT2D eigenvalue weighted by atomic mass is 35.5. The Morgan fingerprint density at radius 3 is 2.59 bits per heavy atom. The molecule has 0 saturated carbocycles. The fourth-order valence-electron chi connectivity index (χ4n) is 3.08. The standard InChI is InChI=1S/C24H18Cl2N2O3S3/c1-13(16-12-33-23(22(16)30)14-4-5-17(25)18(26)9-14)27-11-19(29)20-6-7-21(34-20)24(31)28-10-15-3-2-8-32-15/h2-9,12,30H,10-11H2,1H3,(H,28,31). The van der Waals surface area contributed by atoms with Crippen LogP contribution in [0.1, 0.15) is 36.7 Å². The van der Waals surface area contributed by atoms with Gasteiger partial charge >= 0.3 is 0 Å². The molecule has 0 radical (unpaired) electrons. The lowest BCUT2D eigenvalue weighted by atomic mass is 10.1. The molecule has 5 nitrogen and oxygen atoms in total. The van der Waals surface area contributed by atoms with Crippen LogP contribution in [0, 0.1) is 0 Å². The van der Waals surface area contributed by atoms with Gasteiger partial charge in [0.25, 0.3) is 5.91 Å². The molecule has 10 heteroatoms. The minimum Gasteiger partial charge on any atom is -0.506 e. The summed E-state index contributed by atoms with van der Waals surface area (Å²) in [5.74, 6) is -0.325. The van der Waals surface area contributed by atoms with Crippen LogP contribution in [0.25, 0.3) is 10.4 Å². The van der Waals surface area contributed by atoms with Crippen LogP contribution >= 0.6 is 57.2 Å². The molecule has 0 spiro atoms. The molecule has 1 amide bonds. The van der Waals surface area contributed by atoms with Gasteiger partial charge in [0.15, 0.2) is 5.78 Å². The third kappa shape index (κ3) is 5.59. The summed E-state index contributed by atoms with van der Waals surface area (Å²) in [6.45, 7) is 2.11. The summed E-state index contributed by atoms with van der Waals surface area (Å²) in [6, 6.07) is 12.3. The number of hydrogen-bond acceptors (Lipinski definition) is 7. The van der Waals surface area contributed by atoms with Crippen LogP contribution in [0.4, 0.5) is 0 Å². The first-order chi connectivity index (χ1) is 16.3. The van der Waals surface area contributed by atoms with Crippen LogP contribution in [-0.2, 0) is 6.54 Å². The summed E-state index contributed by atoms with van der Waals surface area (Å²) >= 11 is 16.1. The van der Waals surface area contributed by atoms with Crippen LogP contribution in [0.15, 0.2) is 58.2 Å². The molecule has 4 rings (SSSR count). The molecule has 1 aromatic carbocycles. The number of carbonyl (C=O) groups excluding carboxylic acids is 2. The molecule has 0 bridgehead atoms. The highest BCUT2D eigenvalue weighted by Gasteiger charge is 2.17. The van der Waals surface area contributed by atoms with Crippen molar-refractivity contribution in [2.24, 2.45) is 4.99 Å². The number of benzene rings is 1. The predicted octanol–water partition coefficient (Wildman–Crippen LogP) is 7.17. The molecular formula is C24H18Cl2N2O3S3. The predicted molar refractivity (Wildman–Crippen MR) is 143 cm³/mol. The minimum atomic E-state index is -0.213. The fourth-order valence-corrected chi connectivity index (χ4v) is 5.88. The summed E-state index contributed by atoms with van der Waals surface area (Å²) in [4.78, 5) is 32.0. The van der Waals surface area contributed by atoms with Crippen molar-refractivity contribution < 1.29 is 14.7 Å². The third-order valence-corrected chi connectivity index (χ3v) is 8.66. The molecule has 3 heterocycles. The zero-order valence-electron chi connectivity index (χ0n) is 17.8. The first kappa shape index (κ1) is 24.6. The Labute approximate surface area is 218 Å². The van der Waals surface area contributed by atoms with Crippen molar-refractivity contribution in [1.82, 2.24) is 5.32 Å². The molecule has 0 aliphatic heterocycles. The zero-order valence-corrected chi connectivity index (χ0v) is 21.8. The zero-order chi connectivity index (χ0) is 24.2. The average Bonchev–Trinajstić information content (AvgIpc) is 3.58. The number of Topliss-reactive ketones (excluding diaryl/α,β-unsaturated/α-hetero) is 1. The lowest BCUT2D eigenvalue weighted by Gasteiger charge is -2.03. The van der Waals surface area contributed by atoms with Gasteiger partial charge in [-0.1, -0.05) is 35.3 Å². The monoisotopic (exact) mass is 548 g/mol. The summed E-state index contributed by atoms with van der Waals surface area (Å²) in [5, 5.41) is 18.1. The highest BCUT2D eigenvalue weighted by Crippen LogP contribution is 2.40. The molecule has 0 saturated heterocycles. The van der Waals surface area contributed by atoms with E-state index >= 15 is 0 Å². The SMILES string of the molecule is CC(=NCC(=O)c1ccc(C(=O)NCc2cccs2)s1)c1csc(-c2ccc(Cl)c(Cl)c2)c1O. The Hall–Kier alpha value is -2.49. The maximum Gasteiger partial charge on any atom is 0.261 e. The fraction of sp³-hybridized carbons (Fsp3) is 0.125. The molecular weight excluding hydrogens is 531 g/mol. The maximum absolute atomic E-state index is 12.6. The van der Waals surface area contributed by atoms with E-state index in [9.17, 15) is 14.7 Å². The maximum atomic E-state index is 12.6. The number of thiophene rings is 3. The lowest BCUT2D eigenvalue weighted by Crippen LogP contribution is -2.21. The number of ketones is 1. The van der Waals surface area contributed by atoms with Gasteiger partial charge < -0.3 is 10.4 Å². The van der Waals surface area contributed by atoms with Gasteiger partial charge in [0.1, 0.15) is 12.3 Å². The number of aromatic hydroxyl groups is 1. The van der Waals surface area contributed by atoms with Crippen molar-refractivity contribution in [1.29, 1.82) is 0 Å². The van der Waals surface area contributed by atoms with Crippen molar-refractivity contribution in [2.75, 3.05) is 6.54 Å². The molecule has 174 valence electrons. The summed E-state index contributed by atoms with van der Waals surface area (Å²) in [5.41, 5.74) is 1.84. The Morgan fingerprint density at radius 1 is 1.06 bits per heavy atom. The number of nitrogens with zero attached hydrogens (tertiary/aromatic N) is 1. The average molecular weight is 550 g/mol. The van der Waals surface area contributed by atoms with E-state index in [1.54, 1.807) is 54.0 Å². The molecule has 0 atom stereocenters. The molecule has 2 N–H and O–H groups in total. The van der Waals surface area contributed by atoms with E-state index in [1.807, 2.05) is 17.5 Å². The van der Waals surface area contributed by atoms with Crippen molar-refractivity contribution in [3.05, 3.63) is 83.5 Å². The summed E-state index contributed by atoms with van der Waals surface area (Å²) < 4.78 is 0. The van der Waals surface area contributed by atoms with Crippen LogP contribution in [-0.4, -0.2) is 29.1 Å². The number of carbonyl (C=O) groups is 2. The highest BCUT2D eigenvalue weighted by molar-refractivity contribution is 7.16. The van der Waals surface area contributed by atoms with Gasteiger partial charge in [-0.05, 0) is 48.2 Å². The first-order valence-electron chi connectivity index (χ1n) is 10.0. The molecule has 0 unspecified atom stereocenters. The number of halogens is 2. The number of rotatable bonds is 8. The Morgan fingerprint density at radius 2 is 1.85 bits per heavy atom. The van der Waals surface area contributed by atoms with Crippen LogP contribution < -0.4 is 5.32 Å². The van der Waals surface area contributed by atoms with E-state index in [0.29, 0.717) is 42.5 Å². The lowest BCUT2D eigenvalue weighted by molar-refractivity contribution is 0.0954. The number of aliphatic imine (C=N–C) groups is 1. The van der Waals surface area contributed by atoms with E-state index in [-0.39, 0.29) is 24.0 Å². The topological polar surface area (TPSA) is 78.8 Å². The van der Waals surface area contributed by atoms with Crippen molar-refractivity contribution in [3.8, 4) is 16.2 Å². The van der Waals surface area contributed by atoms with Gasteiger partial charge in [0, 0.05) is 21.5 Å². The molecule has 4 aromatic rings. The Bertz CT molecular complexity index is 1370. The summed E-state index contributed by atoms with van der Waals surface area (Å²) in [6.07, 6.45) is 0. The third-order valence-electron chi connectivity index (χ3n) is 4.90. The van der Waals surface area contributed by atoms with Crippen LogP contribution in [0.5, 0.6) is 5.75 Å². The second-order valence-electron chi connectivity index (χ2n) is 7.21. The van der Waals surface area contributed by atoms with Crippen LogP contribution in [0.3, 0.4) is 0 Å². The van der Waals surface area contributed by atoms with E-state index < -0.39 is 0 Å². The molecule has 0 aliphatic carbocycles. The normalized spacial score (nSPS) is 11.6. The van der Waals surface area contributed by atoms with E-state index in [4.69, 9.17) is 23.2 Å². The number of hydrogen-bond donors (Lipinski definition) is 2. The molecule has 34 heavy (non-hydrogen) atoms. The summed E-state index contributed by atoms with van der Waals surface area (Å²) in [7, 11) is 0. The van der Waals surface area contributed by atoms with Crippen molar-refractivity contribution >= 4 is 74.6 Å². The molecule has 3 aromatic heterocycles. The van der Waals surface area contributed by atoms with Gasteiger partial charge in [0.05, 0.1) is 31.2 Å². The van der Waals surface area contributed by atoms with Crippen molar-refractivity contribution in [3.63, 3.8) is 0 Å². The van der Waals surface area contributed by atoms with E-state index in [2.05, 4.69) is 10.3 Å². The second-order valence-corrected chi connectivity index (χ2v) is 11.0.